The minimum Gasteiger partial charge on any atom is -0.363 e. The molecule has 0 saturated carbocycles. The Hall–Kier alpha value is 0.270. The average molecular weight is 187 g/mol. The van der Waals surface area contributed by atoms with Crippen molar-refractivity contribution in [3.8, 4) is 0 Å². The summed E-state index contributed by atoms with van der Waals surface area (Å²) >= 11 is 2.09. The van der Waals surface area contributed by atoms with Gasteiger partial charge in [0, 0.05) is 6.61 Å². The predicted molar refractivity (Wildman–Crippen MR) is 52.4 cm³/mol. The van der Waals surface area contributed by atoms with Gasteiger partial charge in [0.05, 0.1) is 0 Å². The third kappa shape index (κ3) is 2.38. The SMILES string of the molecule is C1CNC(CC2CCSC2)OC1. The fourth-order valence-corrected chi connectivity index (χ4v) is 3.15. The maximum atomic E-state index is 5.62. The molecule has 0 aromatic carbocycles. The summed E-state index contributed by atoms with van der Waals surface area (Å²) in [5.41, 5.74) is 0. The van der Waals surface area contributed by atoms with Crippen molar-refractivity contribution in [3.63, 3.8) is 0 Å². The standard InChI is InChI=1S/C9H17NOS/c1-3-10-9(11-4-1)6-8-2-5-12-7-8/h8-10H,1-7H2. The maximum absolute atomic E-state index is 5.62. The van der Waals surface area contributed by atoms with E-state index in [4.69, 9.17) is 4.74 Å². The molecule has 0 aromatic rings. The lowest BCUT2D eigenvalue weighted by Gasteiger charge is -2.26. The van der Waals surface area contributed by atoms with Gasteiger partial charge in [0.15, 0.2) is 0 Å². The van der Waals surface area contributed by atoms with E-state index in [9.17, 15) is 0 Å². The number of hydrogen-bond donors (Lipinski definition) is 1. The molecule has 0 aromatic heterocycles. The fourth-order valence-electron chi connectivity index (χ4n) is 1.84. The van der Waals surface area contributed by atoms with Crippen molar-refractivity contribution in [2.24, 2.45) is 5.92 Å². The van der Waals surface area contributed by atoms with Crippen molar-refractivity contribution >= 4 is 11.8 Å². The Balaban J connectivity index is 1.69. The van der Waals surface area contributed by atoms with E-state index in [2.05, 4.69) is 17.1 Å². The van der Waals surface area contributed by atoms with Crippen molar-refractivity contribution < 1.29 is 4.74 Å². The Bertz CT molecular complexity index is 130. The highest BCUT2D eigenvalue weighted by Crippen LogP contribution is 2.27. The second-order valence-corrected chi connectivity index (χ2v) is 4.78. The van der Waals surface area contributed by atoms with Gasteiger partial charge in [-0.3, -0.25) is 5.32 Å². The van der Waals surface area contributed by atoms with Gasteiger partial charge in [-0.25, -0.2) is 0 Å². The Morgan fingerprint density at radius 2 is 2.50 bits per heavy atom. The van der Waals surface area contributed by atoms with Crippen LogP contribution in [-0.4, -0.2) is 30.9 Å². The lowest BCUT2D eigenvalue weighted by molar-refractivity contribution is -0.0113. The first-order valence-electron chi connectivity index (χ1n) is 4.88. The smallest absolute Gasteiger partial charge is 0.108 e. The number of rotatable bonds is 2. The summed E-state index contributed by atoms with van der Waals surface area (Å²) in [6.07, 6.45) is 4.16. The minimum absolute atomic E-state index is 0.363. The Morgan fingerprint density at radius 3 is 3.17 bits per heavy atom. The highest BCUT2D eigenvalue weighted by atomic mass is 32.2. The van der Waals surface area contributed by atoms with Gasteiger partial charge < -0.3 is 4.74 Å². The summed E-state index contributed by atoms with van der Waals surface area (Å²) in [4.78, 5) is 0. The van der Waals surface area contributed by atoms with Gasteiger partial charge in [-0.15, -0.1) is 0 Å². The van der Waals surface area contributed by atoms with E-state index in [-0.39, 0.29) is 0 Å². The van der Waals surface area contributed by atoms with Crippen LogP contribution >= 0.6 is 11.8 Å². The normalized spacial score (nSPS) is 37.0. The van der Waals surface area contributed by atoms with Gasteiger partial charge in [0.1, 0.15) is 6.23 Å². The second-order valence-electron chi connectivity index (χ2n) is 3.63. The summed E-state index contributed by atoms with van der Waals surface area (Å²) in [6, 6.07) is 0. The molecule has 2 heterocycles. The Labute approximate surface area is 78.4 Å². The first-order valence-corrected chi connectivity index (χ1v) is 6.03. The molecule has 1 N–H and O–H groups in total. The van der Waals surface area contributed by atoms with Crippen LogP contribution in [0.2, 0.25) is 0 Å². The van der Waals surface area contributed by atoms with Crippen LogP contribution < -0.4 is 5.32 Å². The average Bonchev–Trinajstić information content (AvgIpc) is 2.59. The maximum Gasteiger partial charge on any atom is 0.108 e. The first-order chi connectivity index (χ1) is 5.95. The Morgan fingerprint density at radius 1 is 1.50 bits per heavy atom. The number of hydrogen-bond acceptors (Lipinski definition) is 3. The van der Waals surface area contributed by atoms with Crippen LogP contribution in [0.3, 0.4) is 0 Å². The molecule has 2 rings (SSSR count). The number of thioether (sulfide) groups is 1. The van der Waals surface area contributed by atoms with Crippen molar-refractivity contribution in [1.82, 2.24) is 5.32 Å². The summed E-state index contributed by atoms with van der Waals surface area (Å²) in [7, 11) is 0. The molecular formula is C9H17NOS. The second kappa shape index (κ2) is 4.49. The monoisotopic (exact) mass is 187 g/mol. The molecule has 0 aliphatic carbocycles. The van der Waals surface area contributed by atoms with E-state index in [0.717, 1.165) is 19.1 Å². The summed E-state index contributed by atoms with van der Waals surface area (Å²) in [5, 5.41) is 3.41. The lowest BCUT2D eigenvalue weighted by Crippen LogP contribution is -2.39. The molecule has 2 aliphatic rings. The van der Waals surface area contributed by atoms with Crippen molar-refractivity contribution in [2.75, 3.05) is 24.7 Å². The van der Waals surface area contributed by atoms with Gasteiger partial charge in [0.2, 0.25) is 0 Å². The molecule has 70 valence electrons. The number of nitrogens with one attached hydrogen (secondary N) is 1. The van der Waals surface area contributed by atoms with Crippen LogP contribution in [-0.2, 0) is 4.74 Å². The highest BCUT2D eigenvalue weighted by molar-refractivity contribution is 7.99. The zero-order valence-corrected chi connectivity index (χ0v) is 8.24. The van der Waals surface area contributed by atoms with Gasteiger partial charge in [0.25, 0.3) is 0 Å². The van der Waals surface area contributed by atoms with Gasteiger partial charge >= 0.3 is 0 Å². The molecule has 12 heavy (non-hydrogen) atoms. The molecule has 0 amide bonds. The van der Waals surface area contributed by atoms with Crippen molar-refractivity contribution in [3.05, 3.63) is 0 Å². The van der Waals surface area contributed by atoms with E-state index in [1.165, 1.54) is 30.8 Å². The van der Waals surface area contributed by atoms with E-state index in [1.54, 1.807) is 0 Å². The van der Waals surface area contributed by atoms with Gasteiger partial charge in [-0.1, -0.05) is 0 Å². The van der Waals surface area contributed by atoms with E-state index < -0.39 is 0 Å². The molecule has 0 radical (unpaired) electrons. The minimum atomic E-state index is 0.363. The van der Waals surface area contributed by atoms with Crippen LogP contribution in [0.25, 0.3) is 0 Å². The van der Waals surface area contributed by atoms with Crippen LogP contribution in [0, 0.1) is 5.92 Å². The molecule has 2 saturated heterocycles. The third-order valence-corrected chi connectivity index (χ3v) is 3.82. The summed E-state index contributed by atoms with van der Waals surface area (Å²) < 4.78 is 5.62. The molecule has 2 unspecified atom stereocenters. The molecule has 2 aliphatic heterocycles. The van der Waals surface area contributed by atoms with Gasteiger partial charge in [-0.2, -0.15) is 11.8 Å². The molecule has 2 atom stereocenters. The fraction of sp³-hybridized carbons (Fsp3) is 1.00. The first kappa shape index (κ1) is 8.85. The molecule has 2 fully saturated rings. The highest BCUT2D eigenvalue weighted by Gasteiger charge is 2.21. The van der Waals surface area contributed by atoms with Crippen LogP contribution in [0.1, 0.15) is 19.3 Å². The lowest BCUT2D eigenvalue weighted by atomic mass is 10.0. The molecular weight excluding hydrogens is 170 g/mol. The van der Waals surface area contributed by atoms with Crippen molar-refractivity contribution in [1.29, 1.82) is 0 Å². The van der Waals surface area contributed by atoms with Crippen LogP contribution in [0.15, 0.2) is 0 Å². The quantitative estimate of drug-likeness (QED) is 0.707. The molecule has 0 bridgehead atoms. The Kier molecular flexibility index (Phi) is 3.31. The summed E-state index contributed by atoms with van der Waals surface area (Å²) in [6.45, 7) is 2.10. The summed E-state index contributed by atoms with van der Waals surface area (Å²) in [5.74, 6) is 3.62. The predicted octanol–water partition coefficient (Wildman–Crippen LogP) is 1.47. The molecule has 2 nitrogen and oxygen atoms in total. The molecule has 3 heteroatoms. The largest absolute Gasteiger partial charge is 0.363 e. The van der Waals surface area contributed by atoms with E-state index in [1.807, 2.05) is 0 Å². The van der Waals surface area contributed by atoms with E-state index >= 15 is 0 Å². The molecule has 0 spiro atoms. The number of ether oxygens (including phenoxy) is 1. The third-order valence-electron chi connectivity index (χ3n) is 2.58. The van der Waals surface area contributed by atoms with Crippen LogP contribution in [0.4, 0.5) is 0 Å². The zero-order chi connectivity index (χ0) is 8.23. The topological polar surface area (TPSA) is 21.3 Å². The van der Waals surface area contributed by atoms with E-state index in [0.29, 0.717) is 6.23 Å². The van der Waals surface area contributed by atoms with Gasteiger partial charge in [-0.05, 0) is 43.2 Å². The van der Waals surface area contributed by atoms with Crippen molar-refractivity contribution in [2.45, 2.75) is 25.5 Å². The van der Waals surface area contributed by atoms with Crippen LogP contribution in [0.5, 0.6) is 0 Å². The zero-order valence-electron chi connectivity index (χ0n) is 7.42.